The molecule has 2 aliphatic carbocycles. The van der Waals surface area contributed by atoms with Gasteiger partial charge in [-0.1, -0.05) is 24.3 Å². The fraction of sp³-hybridized carbons (Fsp3) is 0.286. The molecule has 0 unspecified atom stereocenters. The molecule has 12 heteroatoms. The van der Waals surface area contributed by atoms with Crippen LogP contribution in [-0.4, -0.2) is 31.0 Å². The molecular weight excluding hydrogens is 352 g/mol. The largest absolute Gasteiger partial charge is 0.505 e. The minimum Gasteiger partial charge on any atom is -0.258 e. The highest BCUT2D eigenvalue weighted by Gasteiger charge is 2.68. The smallest absolute Gasteiger partial charge is 0.258 e. The van der Waals surface area contributed by atoms with Crippen molar-refractivity contribution in [1.29, 1.82) is 0 Å². The molecule has 0 bridgehead atoms. The van der Waals surface area contributed by atoms with E-state index < -0.39 is 42.2 Å². The van der Waals surface area contributed by atoms with E-state index in [0.29, 0.717) is 12.2 Å². The Hall–Kier alpha value is -3.70. The summed E-state index contributed by atoms with van der Waals surface area (Å²) in [5, 5.41) is 46.6. The SMILES string of the molecule is CC1=CC=CC([N+](=O)[O-])([N+](=O)[O-])C1=C1C(C)=CC=CC1([N+](=O)[O-])[N+](=O)[O-]. The summed E-state index contributed by atoms with van der Waals surface area (Å²) in [7, 11) is 0. The molecule has 12 nitrogen and oxygen atoms in total. The highest BCUT2D eigenvalue weighted by Crippen LogP contribution is 2.44. The second-order valence-electron chi connectivity index (χ2n) is 5.65. The third kappa shape index (κ3) is 2.22. The Morgan fingerprint density at radius 3 is 1.15 bits per heavy atom. The number of rotatable bonds is 4. The van der Waals surface area contributed by atoms with Crippen molar-refractivity contribution in [2.45, 2.75) is 25.2 Å². The third-order valence-corrected chi connectivity index (χ3v) is 4.24. The number of hydrogen-bond acceptors (Lipinski definition) is 8. The zero-order valence-corrected chi connectivity index (χ0v) is 13.5. The molecule has 2 aliphatic rings. The van der Waals surface area contributed by atoms with Crippen molar-refractivity contribution in [1.82, 2.24) is 0 Å². The zero-order chi connectivity index (χ0) is 19.9. The fourth-order valence-corrected chi connectivity index (χ4v) is 3.07. The Morgan fingerprint density at radius 2 is 0.923 bits per heavy atom. The third-order valence-electron chi connectivity index (χ3n) is 4.24. The number of nitrogens with zero attached hydrogens (tertiary/aromatic N) is 4. The molecule has 0 aromatic rings. The molecule has 2 rings (SSSR count). The van der Waals surface area contributed by atoms with E-state index >= 15 is 0 Å². The first-order valence-electron chi connectivity index (χ1n) is 7.09. The molecule has 0 saturated heterocycles. The van der Waals surface area contributed by atoms with Gasteiger partial charge in [0.2, 0.25) is 0 Å². The Bertz CT molecular complexity index is 793. The fourth-order valence-electron chi connectivity index (χ4n) is 3.07. The molecule has 0 amide bonds. The molecule has 0 aliphatic heterocycles. The van der Waals surface area contributed by atoms with Crippen LogP contribution < -0.4 is 0 Å². The molecule has 26 heavy (non-hydrogen) atoms. The molecule has 0 fully saturated rings. The Balaban J connectivity index is 3.10. The van der Waals surface area contributed by atoms with E-state index in [1.54, 1.807) is 0 Å². The first kappa shape index (κ1) is 18.6. The highest BCUT2D eigenvalue weighted by molar-refractivity contribution is 5.57. The summed E-state index contributed by atoms with van der Waals surface area (Å²) in [6, 6.07) is 0. The van der Waals surface area contributed by atoms with Gasteiger partial charge in [-0.3, -0.25) is 40.5 Å². The summed E-state index contributed by atoms with van der Waals surface area (Å²) in [6.45, 7) is 2.54. The predicted octanol–water partition coefficient (Wildman–Crippen LogP) is 1.81. The predicted molar refractivity (Wildman–Crippen MR) is 86.3 cm³/mol. The monoisotopic (exact) mass is 364 g/mol. The minimum atomic E-state index is -3.08. The van der Waals surface area contributed by atoms with Crippen LogP contribution >= 0.6 is 0 Å². The first-order chi connectivity index (χ1) is 12.0. The average molecular weight is 364 g/mol. The maximum absolute atomic E-state index is 11.6. The van der Waals surface area contributed by atoms with Crippen molar-refractivity contribution >= 4 is 0 Å². The summed E-state index contributed by atoms with van der Waals surface area (Å²) in [5.41, 5.74) is -7.64. The van der Waals surface area contributed by atoms with Gasteiger partial charge in [-0.25, -0.2) is 0 Å². The van der Waals surface area contributed by atoms with E-state index in [4.69, 9.17) is 0 Å². The van der Waals surface area contributed by atoms with E-state index in [0.717, 1.165) is 12.2 Å². The van der Waals surface area contributed by atoms with Crippen LogP contribution in [0.1, 0.15) is 13.8 Å². The lowest BCUT2D eigenvalue weighted by atomic mass is 9.77. The lowest BCUT2D eigenvalue weighted by molar-refractivity contribution is -0.775. The van der Waals surface area contributed by atoms with Crippen molar-refractivity contribution in [3.63, 3.8) is 0 Å². The van der Waals surface area contributed by atoms with E-state index in [-0.39, 0.29) is 11.1 Å². The Labute approximate surface area is 145 Å². The Kier molecular flexibility index (Phi) is 4.29. The van der Waals surface area contributed by atoms with Gasteiger partial charge in [-0.05, 0) is 25.0 Å². The van der Waals surface area contributed by atoms with Gasteiger partial charge >= 0.3 is 11.3 Å². The Morgan fingerprint density at radius 1 is 0.654 bits per heavy atom. The molecule has 0 radical (unpaired) electrons. The summed E-state index contributed by atoms with van der Waals surface area (Å²) < 4.78 is 0. The summed E-state index contributed by atoms with van der Waals surface area (Å²) in [6.07, 6.45) is 5.98. The molecular formula is C14H12N4O8. The maximum Gasteiger partial charge on any atom is 0.505 e. The molecule has 0 heterocycles. The van der Waals surface area contributed by atoms with E-state index in [2.05, 4.69) is 0 Å². The normalized spacial score (nSPS) is 23.0. The molecule has 0 aromatic heterocycles. The number of allylic oxidation sites excluding steroid dienone is 4. The summed E-state index contributed by atoms with van der Waals surface area (Å²) in [5.74, 6) is 0. The minimum absolute atomic E-state index is 0.0491. The van der Waals surface area contributed by atoms with Crippen LogP contribution in [0.3, 0.4) is 0 Å². The molecule has 0 atom stereocenters. The van der Waals surface area contributed by atoms with Crippen LogP contribution in [-0.2, 0) is 0 Å². The van der Waals surface area contributed by atoms with Crippen molar-refractivity contribution in [2.24, 2.45) is 0 Å². The second kappa shape index (κ2) is 5.98. The molecule has 0 saturated carbocycles. The van der Waals surface area contributed by atoms with Crippen LogP contribution in [0.5, 0.6) is 0 Å². The van der Waals surface area contributed by atoms with Crippen LogP contribution in [0.4, 0.5) is 0 Å². The van der Waals surface area contributed by atoms with E-state index in [9.17, 15) is 40.5 Å². The van der Waals surface area contributed by atoms with Crippen LogP contribution in [0.2, 0.25) is 0 Å². The van der Waals surface area contributed by atoms with Gasteiger partial charge in [0.15, 0.2) is 0 Å². The van der Waals surface area contributed by atoms with Crippen LogP contribution in [0.15, 0.2) is 58.7 Å². The molecule has 0 N–H and O–H groups in total. The summed E-state index contributed by atoms with van der Waals surface area (Å²) in [4.78, 5) is 41.7. The second-order valence-corrected chi connectivity index (χ2v) is 5.65. The van der Waals surface area contributed by atoms with Gasteiger partial charge in [-0.2, -0.15) is 0 Å². The zero-order valence-electron chi connectivity index (χ0n) is 13.5. The average Bonchev–Trinajstić information content (AvgIpc) is 2.53. The topological polar surface area (TPSA) is 173 Å². The quantitative estimate of drug-likeness (QED) is 0.412. The van der Waals surface area contributed by atoms with Gasteiger partial charge in [0.25, 0.3) is 0 Å². The van der Waals surface area contributed by atoms with Crippen LogP contribution in [0.25, 0.3) is 0 Å². The first-order valence-corrected chi connectivity index (χ1v) is 7.09. The molecule has 0 aromatic carbocycles. The van der Waals surface area contributed by atoms with E-state index in [1.165, 1.54) is 26.0 Å². The van der Waals surface area contributed by atoms with Crippen LogP contribution in [0, 0.1) is 40.5 Å². The van der Waals surface area contributed by atoms with Crippen molar-refractivity contribution < 1.29 is 19.7 Å². The number of nitro groups is 4. The number of hydrogen-bond donors (Lipinski definition) is 0. The highest BCUT2D eigenvalue weighted by atomic mass is 16.7. The molecule has 0 spiro atoms. The molecule has 136 valence electrons. The van der Waals surface area contributed by atoms with Gasteiger partial charge < -0.3 is 0 Å². The van der Waals surface area contributed by atoms with Crippen molar-refractivity contribution in [2.75, 3.05) is 0 Å². The van der Waals surface area contributed by atoms with Crippen molar-refractivity contribution in [3.8, 4) is 0 Å². The standard InChI is InChI=1S/C14H12N4O8/c1-9-5-3-7-13(15(19)20,16(21)22)11(9)12-10(2)6-4-8-14(12,17(23)24)18(25)26/h3-8H,1-2H3. The summed E-state index contributed by atoms with van der Waals surface area (Å²) >= 11 is 0. The van der Waals surface area contributed by atoms with Gasteiger partial charge in [0.05, 0.1) is 12.2 Å². The van der Waals surface area contributed by atoms with E-state index in [1.807, 2.05) is 0 Å². The van der Waals surface area contributed by atoms with Gasteiger partial charge in [0, 0.05) is 0 Å². The van der Waals surface area contributed by atoms with Gasteiger partial charge in [-0.15, -0.1) is 0 Å². The van der Waals surface area contributed by atoms with Gasteiger partial charge in [0.1, 0.15) is 30.8 Å². The lowest BCUT2D eigenvalue weighted by Gasteiger charge is -2.27. The lowest BCUT2D eigenvalue weighted by Crippen LogP contribution is -2.53. The van der Waals surface area contributed by atoms with Crippen molar-refractivity contribution in [3.05, 3.63) is 99.2 Å². The maximum atomic E-state index is 11.6.